The van der Waals surface area contributed by atoms with Gasteiger partial charge in [0.2, 0.25) is 0 Å². The molecule has 1 aromatic carbocycles. The molecule has 1 saturated heterocycles. The minimum atomic E-state index is -0.737. The number of fused-ring (bicyclic) bond motifs is 1. The molecule has 2 atom stereocenters. The molecule has 6 nitrogen and oxygen atoms in total. The van der Waals surface area contributed by atoms with Crippen molar-refractivity contribution in [2.45, 2.75) is 31.7 Å². The van der Waals surface area contributed by atoms with Crippen LogP contribution in [0.5, 0.6) is 0 Å². The maximum absolute atomic E-state index is 14.4. The molecule has 2 N–H and O–H groups in total. The summed E-state index contributed by atoms with van der Waals surface area (Å²) in [6.45, 7) is 0.310. The molecule has 3 heterocycles. The quantitative estimate of drug-likeness (QED) is 0.649. The number of nitrogens with one attached hydrogen (secondary N) is 2. The Bertz CT molecular complexity index is 1130. The van der Waals surface area contributed by atoms with Crippen molar-refractivity contribution >= 4 is 22.7 Å². The predicted molar refractivity (Wildman–Crippen MR) is 98.5 cm³/mol. The fourth-order valence-corrected chi connectivity index (χ4v) is 4.29. The molecule has 9 heteroatoms. The molecule has 0 amide bonds. The maximum Gasteiger partial charge on any atom is 0.317 e. The zero-order valence-electron chi connectivity index (χ0n) is 15.3. The summed E-state index contributed by atoms with van der Waals surface area (Å²) >= 11 is 0. The van der Waals surface area contributed by atoms with Gasteiger partial charge in [-0.1, -0.05) is 12.8 Å². The van der Waals surface area contributed by atoms with Crippen molar-refractivity contribution < 1.29 is 22.7 Å². The zero-order valence-corrected chi connectivity index (χ0v) is 15.3. The minimum absolute atomic E-state index is 0.0489. The number of halogens is 3. The summed E-state index contributed by atoms with van der Waals surface area (Å²) in [7, 11) is 0. The van der Waals surface area contributed by atoms with Crippen molar-refractivity contribution in [3.63, 3.8) is 0 Å². The highest BCUT2D eigenvalue weighted by Gasteiger charge is 2.56. The van der Waals surface area contributed by atoms with Crippen molar-refractivity contribution in [3.05, 3.63) is 42.0 Å². The summed E-state index contributed by atoms with van der Waals surface area (Å²) < 4.78 is 47.1. The van der Waals surface area contributed by atoms with Crippen LogP contribution in [-0.4, -0.2) is 33.6 Å². The highest BCUT2D eigenvalue weighted by molar-refractivity contribution is 5.94. The van der Waals surface area contributed by atoms with E-state index in [-0.39, 0.29) is 34.6 Å². The highest BCUT2D eigenvalue weighted by Crippen LogP contribution is 2.45. The number of carbonyl (C=O) groups is 1. The van der Waals surface area contributed by atoms with E-state index >= 15 is 0 Å². The van der Waals surface area contributed by atoms with Crippen molar-refractivity contribution in [1.29, 1.82) is 0 Å². The van der Waals surface area contributed by atoms with Gasteiger partial charge in [0.25, 0.3) is 0 Å². The van der Waals surface area contributed by atoms with Gasteiger partial charge in [0.1, 0.15) is 23.7 Å². The Morgan fingerprint density at radius 3 is 2.83 bits per heavy atom. The molecule has 150 valence electrons. The third-order valence-corrected chi connectivity index (χ3v) is 5.90. The Morgan fingerprint density at radius 2 is 2.07 bits per heavy atom. The summed E-state index contributed by atoms with van der Waals surface area (Å²) in [5, 5.41) is 3.32. The van der Waals surface area contributed by atoms with E-state index in [9.17, 15) is 18.0 Å². The number of hydrogen-bond donors (Lipinski definition) is 2. The van der Waals surface area contributed by atoms with Crippen LogP contribution in [0, 0.1) is 22.9 Å². The Labute approximate surface area is 163 Å². The first-order valence-corrected chi connectivity index (χ1v) is 9.41. The number of esters is 1. The van der Waals surface area contributed by atoms with Crippen LogP contribution >= 0.6 is 0 Å². The molecule has 2 fully saturated rings. The standard InChI is InChI=1S/C20H17F3N4O2/c21-10-5-11-12(7-24-16(11)13(22)6-10)17-25-8-14(23)18(27-17)26-15-3-1-2-4-20(15)9-29-19(20)28/h5-8,15,24H,1-4,9H2,(H,25,26,27)/t15-,20+/m0/s1. The van der Waals surface area contributed by atoms with Gasteiger partial charge in [-0.2, -0.15) is 0 Å². The second kappa shape index (κ2) is 6.47. The smallest absolute Gasteiger partial charge is 0.317 e. The molecule has 1 aliphatic carbocycles. The third-order valence-electron chi connectivity index (χ3n) is 5.90. The number of ether oxygens (including phenoxy) is 1. The largest absolute Gasteiger partial charge is 0.464 e. The van der Waals surface area contributed by atoms with E-state index < -0.39 is 22.9 Å². The van der Waals surface area contributed by atoms with Crippen LogP contribution in [-0.2, 0) is 9.53 Å². The number of carbonyl (C=O) groups excluding carboxylic acids is 1. The number of anilines is 1. The summed E-state index contributed by atoms with van der Waals surface area (Å²) in [6, 6.07) is 1.65. The Kier molecular flexibility index (Phi) is 4.01. The number of cyclic esters (lactones) is 1. The van der Waals surface area contributed by atoms with Crippen LogP contribution in [0.4, 0.5) is 19.0 Å². The molecule has 2 aliphatic rings. The molecule has 0 unspecified atom stereocenters. The van der Waals surface area contributed by atoms with Gasteiger partial charge in [-0.3, -0.25) is 4.79 Å². The zero-order chi connectivity index (χ0) is 20.2. The molecule has 29 heavy (non-hydrogen) atoms. The topological polar surface area (TPSA) is 79.9 Å². The van der Waals surface area contributed by atoms with E-state index in [4.69, 9.17) is 4.74 Å². The number of aromatic amines is 1. The lowest BCUT2D eigenvalue weighted by Gasteiger charge is -2.47. The number of benzene rings is 1. The van der Waals surface area contributed by atoms with E-state index in [0.717, 1.165) is 25.1 Å². The summed E-state index contributed by atoms with van der Waals surface area (Å²) in [4.78, 5) is 23.1. The molecule has 2 aromatic heterocycles. The van der Waals surface area contributed by atoms with Gasteiger partial charge in [-0.05, 0) is 18.9 Å². The van der Waals surface area contributed by atoms with Crippen LogP contribution in [0.25, 0.3) is 22.3 Å². The number of nitrogens with zero attached hydrogens (tertiary/aromatic N) is 2. The molecule has 3 aromatic rings. The molecule has 1 spiro atoms. The van der Waals surface area contributed by atoms with Crippen LogP contribution in [0.1, 0.15) is 25.7 Å². The van der Waals surface area contributed by atoms with Gasteiger partial charge in [0.05, 0.1) is 11.7 Å². The second-order valence-corrected chi connectivity index (χ2v) is 7.58. The molecule has 1 aliphatic heterocycles. The monoisotopic (exact) mass is 402 g/mol. The third kappa shape index (κ3) is 2.75. The number of H-pyrrole nitrogens is 1. The number of hydrogen-bond acceptors (Lipinski definition) is 5. The van der Waals surface area contributed by atoms with Crippen LogP contribution in [0.3, 0.4) is 0 Å². The number of aromatic nitrogens is 3. The number of rotatable bonds is 3. The van der Waals surface area contributed by atoms with E-state index in [1.807, 2.05) is 0 Å². The summed E-state index contributed by atoms with van der Waals surface area (Å²) in [6.07, 6.45) is 5.66. The Morgan fingerprint density at radius 1 is 1.21 bits per heavy atom. The average molecular weight is 402 g/mol. The lowest BCUT2D eigenvalue weighted by Crippen LogP contribution is -2.59. The normalized spacial score (nSPS) is 23.8. The van der Waals surface area contributed by atoms with Gasteiger partial charge >= 0.3 is 5.97 Å². The van der Waals surface area contributed by atoms with Gasteiger partial charge in [-0.15, -0.1) is 0 Å². The molecule has 5 rings (SSSR count). The molecule has 0 radical (unpaired) electrons. The summed E-state index contributed by atoms with van der Waals surface area (Å²) in [5.41, 5.74) is -0.182. The second-order valence-electron chi connectivity index (χ2n) is 7.58. The van der Waals surface area contributed by atoms with Crippen LogP contribution in [0.15, 0.2) is 24.5 Å². The van der Waals surface area contributed by atoms with Crippen LogP contribution < -0.4 is 5.32 Å². The summed E-state index contributed by atoms with van der Waals surface area (Å²) in [5.74, 6) is -2.34. The van der Waals surface area contributed by atoms with Crippen molar-refractivity contribution in [3.8, 4) is 11.4 Å². The van der Waals surface area contributed by atoms with Crippen molar-refractivity contribution in [2.75, 3.05) is 11.9 Å². The highest BCUT2D eigenvalue weighted by atomic mass is 19.1. The lowest BCUT2D eigenvalue weighted by atomic mass is 9.68. The SMILES string of the molecule is O=C1OC[C@@]12CCCC[C@@H]2Nc1nc(-c2c[nH]c3c(F)cc(F)cc23)ncc1F. The van der Waals surface area contributed by atoms with Gasteiger partial charge in [0, 0.05) is 29.3 Å². The fraction of sp³-hybridized carbons (Fsp3) is 0.350. The molecular formula is C20H17F3N4O2. The molecule has 1 saturated carbocycles. The van der Waals surface area contributed by atoms with Crippen molar-refractivity contribution in [2.24, 2.45) is 5.41 Å². The Balaban J connectivity index is 1.52. The first-order chi connectivity index (χ1) is 14.0. The first-order valence-electron chi connectivity index (χ1n) is 9.41. The fourth-order valence-electron chi connectivity index (χ4n) is 4.29. The molecule has 0 bridgehead atoms. The van der Waals surface area contributed by atoms with Gasteiger partial charge < -0.3 is 15.0 Å². The van der Waals surface area contributed by atoms with E-state index in [1.165, 1.54) is 12.3 Å². The maximum atomic E-state index is 14.4. The van der Waals surface area contributed by atoms with Gasteiger partial charge in [-0.25, -0.2) is 23.1 Å². The Hall–Kier alpha value is -3.10. The van der Waals surface area contributed by atoms with E-state index in [2.05, 4.69) is 20.3 Å². The molecular weight excluding hydrogens is 385 g/mol. The van der Waals surface area contributed by atoms with E-state index in [0.29, 0.717) is 25.0 Å². The van der Waals surface area contributed by atoms with Gasteiger partial charge in [0.15, 0.2) is 17.5 Å². The van der Waals surface area contributed by atoms with Crippen LogP contribution in [0.2, 0.25) is 0 Å². The van der Waals surface area contributed by atoms with E-state index in [1.54, 1.807) is 0 Å². The first kappa shape index (κ1) is 18.0. The lowest BCUT2D eigenvalue weighted by molar-refractivity contribution is -0.191. The average Bonchev–Trinajstić information content (AvgIpc) is 3.13. The minimum Gasteiger partial charge on any atom is -0.464 e. The predicted octanol–water partition coefficient (Wildman–Crippen LogP) is 3.94. The van der Waals surface area contributed by atoms with Crippen molar-refractivity contribution in [1.82, 2.24) is 15.0 Å².